The van der Waals surface area contributed by atoms with Gasteiger partial charge in [0.15, 0.2) is 5.69 Å². The lowest BCUT2D eigenvalue weighted by Crippen LogP contribution is -2.41. The summed E-state index contributed by atoms with van der Waals surface area (Å²) in [5, 5.41) is 2.61. The fourth-order valence-corrected chi connectivity index (χ4v) is 2.67. The van der Waals surface area contributed by atoms with Gasteiger partial charge in [-0.25, -0.2) is 9.97 Å². The van der Waals surface area contributed by atoms with Gasteiger partial charge in [0.25, 0.3) is 5.56 Å². The standard InChI is InChI=1S/C15H14F3N5O2/c16-15(17,18)10-8-12(24)22-14(20-10)23-7-3-4-9(23)13(25)21-11-5-1-2-6-19-11/h1-2,5-6,8-9H,3-4,7H2,(H,19,21,25)(H,20,22,24). The molecule has 132 valence electrons. The molecule has 10 heteroatoms. The van der Waals surface area contributed by atoms with Crippen molar-refractivity contribution in [3.63, 3.8) is 0 Å². The summed E-state index contributed by atoms with van der Waals surface area (Å²) < 4.78 is 38.6. The highest BCUT2D eigenvalue weighted by molar-refractivity contribution is 5.96. The summed E-state index contributed by atoms with van der Waals surface area (Å²) in [6, 6.07) is 4.63. The van der Waals surface area contributed by atoms with E-state index >= 15 is 0 Å². The second-order valence-electron chi connectivity index (χ2n) is 5.51. The van der Waals surface area contributed by atoms with Crippen LogP contribution in [-0.4, -0.2) is 33.4 Å². The van der Waals surface area contributed by atoms with Crippen LogP contribution < -0.4 is 15.8 Å². The van der Waals surface area contributed by atoms with E-state index < -0.39 is 29.4 Å². The molecule has 7 nitrogen and oxygen atoms in total. The number of aromatic amines is 1. The first-order chi connectivity index (χ1) is 11.8. The predicted octanol–water partition coefficient (Wildman–Crippen LogP) is 1.79. The molecule has 2 N–H and O–H groups in total. The molecule has 1 atom stereocenters. The highest BCUT2D eigenvalue weighted by atomic mass is 19.4. The molecule has 1 aliphatic rings. The van der Waals surface area contributed by atoms with Crippen LogP contribution in [0.15, 0.2) is 35.3 Å². The fraction of sp³-hybridized carbons (Fsp3) is 0.333. The van der Waals surface area contributed by atoms with Gasteiger partial charge >= 0.3 is 6.18 Å². The van der Waals surface area contributed by atoms with Crippen molar-refractivity contribution in [1.29, 1.82) is 0 Å². The van der Waals surface area contributed by atoms with Gasteiger partial charge in [-0.05, 0) is 25.0 Å². The zero-order chi connectivity index (χ0) is 18.0. The topological polar surface area (TPSA) is 91.0 Å². The Morgan fingerprint density at radius 1 is 1.36 bits per heavy atom. The van der Waals surface area contributed by atoms with E-state index in [9.17, 15) is 22.8 Å². The number of rotatable bonds is 3. The maximum atomic E-state index is 12.9. The van der Waals surface area contributed by atoms with Crippen LogP contribution in [0.25, 0.3) is 0 Å². The Bertz CT molecular complexity index is 822. The van der Waals surface area contributed by atoms with Crippen LogP contribution in [0, 0.1) is 0 Å². The van der Waals surface area contributed by atoms with Crippen molar-refractivity contribution < 1.29 is 18.0 Å². The van der Waals surface area contributed by atoms with Gasteiger partial charge in [-0.3, -0.25) is 14.6 Å². The number of alkyl halides is 3. The number of hydrogen-bond acceptors (Lipinski definition) is 5. The third-order valence-corrected chi connectivity index (χ3v) is 3.76. The third-order valence-electron chi connectivity index (χ3n) is 3.76. The number of H-pyrrole nitrogens is 1. The Kier molecular flexibility index (Phi) is 4.43. The number of pyridine rings is 1. The number of halogens is 3. The van der Waals surface area contributed by atoms with Gasteiger partial charge in [-0.2, -0.15) is 13.2 Å². The van der Waals surface area contributed by atoms with E-state index in [0.29, 0.717) is 31.3 Å². The second-order valence-corrected chi connectivity index (χ2v) is 5.51. The van der Waals surface area contributed by atoms with Gasteiger partial charge in [0.1, 0.15) is 11.9 Å². The fourth-order valence-electron chi connectivity index (χ4n) is 2.67. The minimum atomic E-state index is -4.74. The first kappa shape index (κ1) is 16.9. The summed E-state index contributed by atoms with van der Waals surface area (Å²) >= 11 is 0. The monoisotopic (exact) mass is 353 g/mol. The van der Waals surface area contributed by atoms with E-state index in [1.54, 1.807) is 18.2 Å². The van der Waals surface area contributed by atoms with Crippen LogP contribution in [-0.2, 0) is 11.0 Å². The Balaban J connectivity index is 1.85. The molecule has 25 heavy (non-hydrogen) atoms. The molecule has 3 heterocycles. The minimum Gasteiger partial charge on any atom is -0.330 e. The maximum absolute atomic E-state index is 12.9. The van der Waals surface area contributed by atoms with Crippen molar-refractivity contribution >= 4 is 17.7 Å². The Labute approximate surface area is 139 Å². The summed E-state index contributed by atoms with van der Waals surface area (Å²) in [6.45, 7) is 0.310. The SMILES string of the molecule is O=C(Nc1ccccn1)C1CCCN1c1nc(C(F)(F)F)cc(=O)[nH]1. The van der Waals surface area contributed by atoms with Crippen LogP contribution in [0.1, 0.15) is 18.5 Å². The summed E-state index contributed by atoms with van der Waals surface area (Å²) in [5.74, 6) is -0.348. The second kappa shape index (κ2) is 6.54. The summed E-state index contributed by atoms with van der Waals surface area (Å²) in [6.07, 6.45) is -2.22. The minimum absolute atomic E-state index is 0.265. The number of anilines is 2. The molecule has 1 fully saturated rings. The Morgan fingerprint density at radius 2 is 2.16 bits per heavy atom. The molecule has 0 radical (unpaired) electrons. The maximum Gasteiger partial charge on any atom is 0.433 e. The van der Waals surface area contributed by atoms with Crippen molar-refractivity contribution in [2.45, 2.75) is 25.1 Å². The zero-order valence-electron chi connectivity index (χ0n) is 12.9. The van der Waals surface area contributed by atoms with E-state index in [2.05, 4.69) is 20.3 Å². The molecular weight excluding hydrogens is 339 g/mol. The molecular formula is C15H14F3N5O2. The third kappa shape index (κ3) is 3.78. The first-order valence-corrected chi connectivity index (χ1v) is 7.52. The Morgan fingerprint density at radius 3 is 2.84 bits per heavy atom. The van der Waals surface area contributed by atoms with Crippen LogP contribution in [0.2, 0.25) is 0 Å². The van der Waals surface area contributed by atoms with Crippen molar-refractivity contribution in [3.05, 3.63) is 46.5 Å². The van der Waals surface area contributed by atoms with E-state index in [1.807, 2.05) is 0 Å². The van der Waals surface area contributed by atoms with E-state index in [4.69, 9.17) is 0 Å². The van der Waals surface area contributed by atoms with Crippen molar-refractivity contribution in [2.75, 3.05) is 16.8 Å². The number of carbonyl (C=O) groups excluding carboxylic acids is 1. The van der Waals surface area contributed by atoms with Crippen molar-refractivity contribution in [1.82, 2.24) is 15.0 Å². The molecule has 0 bridgehead atoms. The summed E-state index contributed by atoms with van der Waals surface area (Å²) in [7, 11) is 0. The van der Waals surface area contributed by atoms with Gasteiger partial charge in [0, 0.05) is 18.8 Å². The Hall–Kier alpha value is -2.91. The normalized spacial score (nSPS) is 17.6. The van der Waals surface area contributed by atoms with E-state index in [1.165, 1.54) is 11.1 Å². The summed E-state index contributed by atoms with van der Waals surface area (Å²) in [4.78, 5) is 35.1. The number of nitrogens with one attached hydrogen (secondary N) is 2. The molecule has 2 aromatic heterocycles. The molecule has 1 amide bonds. The van der Waals surface area contributed by atoms with Crippen LogP contribution in [0.3, 0.4) is 0 Å². The number of aromatic nitrogens is 3. The zero-order valence-corrected chi connectivity index (χ0v) is 12.9. The highest BCUT2D eigenvalue weighted by Crippen LogP contribution is 2.29. The largest absolute Gasteiger partial charge is 0.433 e. The van der Waals surface area contributed by atoms with Gasteiger partial charge in [-0.1, -0.05) is 6.07 Å². The lowest BCUT2D eigenvalue weighted by molar-refractivity contribution is -0.141. The molecule has 0 aromatic carbocycles. The predicted molar refractivity (Wildman–Crippen MR) is 83.1 cm³/mol. The molecule has 1 unspecified atom stereocenters. The van der Waals surface area contributed by atoms with Crippen molar-refractivity contribution in [3.8, 4) is 0 Å². The molecule has 2 aromatic rings. The van der Waals surface area contributed by atoms with Crippen LogP contribution >= 0.6 is 0 Å². The van der Waals surface area contributed by atoms with Crippen LogP contribution in [0.5, 0.6) is 0 Å². The first-order valence-electron chi connectivity index (χ1n) is 7.52. The lowest BCUT2D eigenvalue weighted by atomic mass is 10.2. The highest BCUT2D eigenvalue weighted by Gasteiger charge is 2.37. The van der Waals surface area contributed by atoms with E-state index in [-0.39, 0.29) is 5.95 Å². The average molecular weight is 353 g/mol. The molecule has 0 saturated carbocycles. The molecule has 0 aliphatic carbocycles. The smallest absolute Gasteiger partial charge is 0.330 e. The molecule has 1 aliphatic heterocycles. The average Bonchev–Trinajstić information content (AvgIpc) is 3.04. The van der Waals surface area contributed by atoms with Gasteiger partial charge in [0.05, 0.1) is 0 Å². The van der Waals surface area contributed by atoms with Crippen molar-refractivity contribution in [2.24, 2.45) is 0 Å². The number of carbonyl (C=O) groups is 1. The summed E-state index contributed by atoms with van der Waals surface area (Å²) in [5.41, 5.74) is -2.21. The van der Waals surface area contributed by atoms with E-state index in [0.717, 1.165) is 0 Å². The number of nitrogens with zero attached hydrogens (tertiary/aromatic N) is 3. The van der Waals surface area contributed by atoms with Gasteiger partial charge < -0.3 is 10.2 Å². The molecule has 0 spiro atoms. The molecule has 3 rings (SSSR count). The van der Waals surface area contributed by atoms with Gasteiger partial charge in [0.2, 0.25) is 11.9 Å². The van der Waals surface area contributed by atoms with Gasteiger partial charge in [-0.15, -0.1) is 0 Å². The van der Waals surface area contributed by atoms with Crippen LogP contribution in [0.4, 0.5) is 24.9 Å². The lowest BCUT2D eigenvalue weighted by Gasteiger charge is -2.24. The number of amides is 1. The number of hydrogen-bond donors (Lipinski definition) is 2. The quantitative estimate of drug-likeness (QED) is 0.878. The molecule has 1 saturated heterocycles.